The number of hydrogen-bond acceptors (Lipinski definition) is 0. The number of hydrogen-bond donors (Lipinski definition) is 0. The van der Waals surface area contributed by atoms with Crippen LogP contribution in [0, 0.1) is 12.3 Å². The maximum atomic E-state index is 2.46. The van der Waals surface area contributed by atoms with Crippen molar-refractivity contribution < 1.29 is 0 Å². The third-order valence-electron chi connectivity index (χ3n) is 5.79. The summed E-state index contributed by atoms with van der Waals surface area (Å²) in [4.78, 5) is 0. The highest BCUT2D eigenvalue weighted by atomic mass is 14.4. The number of rotatable bonds is 6. The van der Waals surface area contributed by atoms with Crippen molar-refractivity contribution in [1.29, 1.82) is 0 Å². The second kappa shape index (κ2) is 6.51. The minimum Gasteiger partial charge on any atom is -0.0804 e. The van der Waals surface area contributed by atoms with E-state index in [1.165, 1.54) is 36.8 Å². The van der Waals surface area contributed by atoms with Crippen molar-refractivity contribution in [1.82, 2.24) is 0 Å². The second-order valence-corrected chi connectivity index (χ2v) is 7.71. The molecule has 0 amide bonds. The fraction of sp³-hybridized carbons (Fsp3) is 0.478. The summed E-state index contributed by atoms with van der Waals surface area (Å²) < 4.78 is 0. The molecule has 0 fully saturated rings. The molecule has 122 valence electrons. The monoisotopic (exact) mass is 306 g/mol. The van der Waals surface area contributed by atoms with Crippen molar-refractivity contribution in [3.63, 3.8) is 0 Å². The zero-order valence-electron chi connectivity index (χ0n) is 15.2. The molecule has 0 bridgehead atoms. The highest BCUT2D eigenvalue weighted by molar-refractivity contribution is 5.68. The van der Waals surface area contributed by atoms with Gasteiger partial charge in [-0.1, -0.05) is 81.7 Å². The Morgan fingerprint density at radius 2 is 2.00 bits per heavy atom. The van der Waals surface area contributed by atoms with Crippen LogP contribution in [0.15, 0.2) is 42.0 Å². The zero-order chi connectivity index (χ0) is 16.4. The third-order valence-corrected chi connectivity index (χ3v) is 5.79. The molecule has 0 saturated heterocycles. The van der Waals surface area contributed by atoms with E-state index in [0.29, 0.717) is 5.92 Å². The molecule has 0 radical (unpaired) electrons. The molecule has 0 nitrogen and oxygen atoms in total. The van der Waals surface area contributed by atoms with Crippen molar-refractivity contribution in [2.75, 3.05) is 0 Å². The van der Waals surface area contributed by atoms with Crippen LogP contribution in [-0.2, 0) is 6.42 Å². The molecule has 1 unspecified atom stereocenters. The van der Waals surface area contributed by atoms with Gasteiger partial charge in [-0.05, 0) is 53.9 Å². The van der Waals surface area contributed by atoms with Crippen LogP contribution < -0.4 is 0 Å². The first-order valence-electron chi connectivity index (χ1n) is 9.22. The number of fused-ring (bicyclic) bond motifs is 1. The first-order chi connectivity index (χ1) is 11.1. The lowest BCUT2D eigenvalue weighted by Crippen LogP contribution is -2.23. The summed E-state index contributed by atoms with van der Waals surface area (Å²) in [6.45, 7) is 9.39. The lowest BCUT2D eigenvalue weighted by molar-refractivity contribution is 0.393. The van der Waals surface area contributed by atoms with Crippen LogP contribution >= 0.6 is 0 Å². The Bertz CT molecular complexity index is 668. The van der Waals surface area contributed by atoms with E-state index in [0.717, 1.165) is 6.42 Å². The van der Waals surface area contributed by atoms with Gasteiger partial charge in [0.1, 0.15) is 0 Å². The first kappa shape index (κ1) is 16.3. The van der Waals surface area contributed by atoms with E-state index >= 15 is 0 Å². The van der Waals surface area contributed by atoms with E-state index in [1.807, 2.05) is 0 Å². The van der Waals surface area contributed by atoms with Crippen LogP contribution in [0.3, 0.4) is 0 Å². The zero-order valence-corrected chi connectivity index (χ0v) is 15.2. The molecular formula is C23H30. The van der Waals surface area contributed by atoms with Gasteiger partial charge in [-0.25, -0.2) is 0 Å². The minimum atomic E-state index is 0.193. The molecule has 23 heavy (non-hydrogen) atoms. The molecule has 1 aromatic carbocycles. The SMILES string of the molecule is CCCCCc1ccc(C)c2c1C(C(C)(C)C1=CC=CC1)C=C2. The highest BCUT2D eigenvalue weighted by Gasteiger charge is 2.37. The number of unbranched alkanes of at least 4 members (excludes halogenated alkanes) is 2. The lowest BCUT2D eigenvalue weighted by Gasteiger charge is -2.34. The molecule has 0 aliphatic heterocycles. The molecule has 0 spiro atoms. The molecule has 0 aromatic heterocycles. The Balaban J connectivity index is 1.96. The topological polar surface area (TPSA) is 0 Å². The lowest BCUT2D eigenvalue weighted by atomic mass is 9.69. The minimum absolute atomic E-state index is 0.193. The Morgan fingerprint density at radius 1 is 1.17 bits per heavy atom. The van der Waals surface area contributed by atoms with E-state index in [4.69, 9.17) is 0 Å². The van der Waals surface area contributed by atoms with Crippen molar-refractivity contribution in [2.24, 2.45) is 5.41 Å². The van der Waals surface area contributed by atoms with E-state index in [9.17, 15) is 0 Å². The molecule has 2 aliphatic rings. The van der Waals surface area contributed by atoms with E-state index in [1.54, 1.807) is 16.7 Å². The summed E-state index contributed by atoms with van der Waals surface area (Å²) in [6.07, 6.45) is 17.9. The highest BCUT2D eigenvalue weighted by Crippen LogP contribution is 2.50. The third kappa shape index (κ3) is 2.96. The summed E-state index contributed by atoms with van der Waals surface area (Å²) in [5.74, 6) is 0.514. The average molecular weight is 306 g/mol. The Morgan fingerprint density at radius 3 is 2.70 bits per heavy atom. The number of allylic oxidation sites excluding steroid dienone is 5. The summed E-state index contributed by atoms with van der Waals surface area (Å²) in [7, 11) is 0. The second-order valence-electron chi connectivity index (χ2n) is 7.71. The van der Waals surface area contributed by atoms with Gasteiger partial charge in [0.25, 0.3) is 0 Å². The first-order valence-corrected chi connectivity index (χ1v) is 9.22. The maximum absolute atomic E-state index is 2.46. The van der Waals surface area contributed by atoms with Gasteiger partial charge in [0.15, 0.2) is 0 Å². The Labute approximate surface area is 142 Å². The number of benzene rings is 1. The Hall–Kier alpha value is -1.56. The average Bonchev–Trinajstić information content (AvgIpc) is 3.20. The van der Waals surface area contributed by atoms with Gasteiger partial charge in [0.2, 0.25) is 0 Å². The molecule has 3 rings (SSSR count). The predicted octanol–water partition coefficient (Wildman–Crippen LogP) is 6.75. The molecule has 2 aliphatic carbocycles. The fourth-order valence-corrected chi connectivity index (χ4v) is 4.18. The van der Waals surface area contributed by atoms with Gasteiger partial charge in [-0.15, -0.1) is 0 Å². The summed E-state index contributed by atoms with van der Waals surface area (Å²) in [5.41, 5.74) is 7.86. The van der Waals surface area contributed by atoms with E-state index in [2.05, 4.69) is 70.2 Å². The van der Waals surface area contributed by atoms with Gasteiger partial charge in [-0.3, -0.25) is 0 Å². The summed E-state index contributed by atoms with van der Waals surface area (Å²) in [5, 5.41) is 0. The molecule has 0 heterocycles. The molecule has 1 aromatic rings. The van der Waals surface area contributed by atoms with Gasteiger partial charge >= 0.3 is 0 Å². The van der Waals surface area contributed by atoms with Crippen molar-refractivity contribution in [3.05, 3.63) is 64.3 Å². The molecule has 0 heteroatoms. The molecule has 0 saturated carbocycles. The van der Waals surface area contributed by atoms with Gasteiger partial charge < -0.3 is 0 Å². The van der Waals surface area contributed by atoms with Crippen LogP contribution in [-0.4, -0.2) is 0 Å². The van der Waals surface area contributed by atoms with Gasteiger partial charge in [0, 0.05) is 5.92 Å². The van der Waals surface area contributed by atoms with Gasteiger partial charge in [-0.2, -0.15) is 0 Å². The van der Waals surface area contributed by atoms with Crippen LogP contribution in [0.1, 0.15) is 74.6 Å². The van der Waals surface area contributed by atoms with E-state index < -0.39 is 0 Å². The van der Waals surface area contributed by atoms with Crippen LogP contribution in [0.4, 0.5) is 0 Å². The quantitative estimate of drug-likeness (QED) is 0.510. The summed E-state index contributed by atoms with van der Waals surface area (Å²) in [6, 6.07) is 4.71. The van der Waals surface area contributed by atoms with E-state index in [-0.39, 0.29) is 5.41 Å². The normalized spacial score (nSPS) is 19.3. The molecule has 1 atom stereocenters. The molecular weight excluding hydrogens is 276 g/mol. The summed E-state index contributed by atoms with van der Waals surface area (Å²) >= 11 is 0. The van der Waals surface area contributed by atoms with Crippen molar-refractivity contribution in [2.45, 2.75) is 65.7 Å². The van der Waals surface area contributed by atoms with Gasteiger partial charge in [0.05, 0.1) is 0 Å². The molecule has 0 N–H and O–H groups in total. The fourth-order valence-electron chi connectivity index (χ4n) is 4.18. The van der Waals surface area contributed by atoms with Crippen LogP contribution in [0.5, 0.6) is 0 Å². The van der Waals surface area contributed by atoms with Crippen LogP contribution in [0.2, 0.25) is 0 Å². The maximum Gasteiger partial charge on any atom is 0.0119 e. The standard InChI is InChI=1S/C23H30/c1-5-6-7-10-18-14-13-17(2)20-15-16-21(22(18)20)23(3,4)19-11-8-9-12-19/h8-9,11,13-16,21H,5-7,10,12H2,1-4H3. The largest absolute Gasteiger partial charge is 0.0804 e. The smallest absolute Gasteiger partial charge is 0.0119 e. The Kier molecular flexibility index (Phi) is 4.62. The van der Waals surface area contributed by atoms with Crippen LogP contribution in [0.25, 0.3) is 6.08 Å². The van der Waals surface area contributed by atoms with Crippen molar-refractivity contribution >= 4 is 6.08 Å². The predicted molar refractivity (Wildman–Crippen MR) is 102 cm³/mol. The number of aryl methyl sites for hydroxylation is 2. The van der Waals surface area contributed by atoms with Crippen molar-refractivity contribution in [3.8, 4) is 0 Å².